The van der Waals surface area contributed by atoms with Crippen LogP contribution >= 0.6 is 11.6 Å². The fourth-order valence-electron chi connectivity index (χ4n) is 2.27. The van der Waals surface area contributed by atoms with Gasteiger partial charge in [-0.1, -0.05) is 17.7 Å². The highest BCUT2D eigenvalue weighted by Gasteiger charge is 2.12. The van der Waals surface area contributed by atoms with Gasteiger partial charge < -0.3 is 14.2 Å². The average Bonchev–Trinajstić information content (AvgIpc) is 2.51. The summed E-state index contributed by atoms with van der Waals surface area (Å²) < 4.78 is 16.5. The molecule has 0 radical (unpaired) electrons. The molecule has 0 aliphatic rings. The second-order valence-corrected chi connectivity index (χ2v) is 5.58. The number of hydrogen-bond donors (Lipinski definition) is 0. The van der Waals surface area contributed by atoms with Gasteiger partial charge in [0.05, 0.1) is 12.1 Å². The third-order valence-corrected chi connectivity index (χ3v) is 3.46. The van der Waals surface area contributed by atoms with Crippen LogP contribution in [0.1, 0.15) is 21.5 Å². The van der Waals surface area contributed by atoms with Crippen molar-refractivity contribution in [2.45, 2.75) is 13.8 Å². The minimum Gasteiger partial charge on any atom is -0.493 e. The van der Waals surface area contributed by atoms with Gasteiger partial charge in [0.1, 0.15) is 25.2 Å². The number of aryl methyl sites for hydroxylation is 2. The molecule has 0 aliphatic heterocycles. The number of rotatable bonds is 7. The Bertz CT molecular complexity index is 677. The van der Waals surface area contributed by atoms with E-state index in [0.717, 1.165) is 16.9 Å². The molecular formula is C18H19ClO4. The third-order valence-electron chi connectivity index (χ3n) is 3.18. The van der Waals surface area contributed by atoms with E-state index >= 15 is 0 Å². The standard InChI is InChI=1S/C18H19ClO4/c1-12-6-13(2)8-15(7-12)22-4-5-23-18-16(19)9-14(11-20)10-17(18)21-3/h6-11H,4-5H2,1-3H3. The molecule has 23 heavy (non-hydrogen) atoms. The second kappa shape index (κ2) is 7.88. The molecule has 0 bridgehead atoms. The quantitative estimate of drug-likeness (QED) is 0.561. The highest BCUT2D eigenvalue weighted by atomic mass is 35.5. The number of ether oxygens (including phenoxy) is 3. The zero-order chi connectivity index (χ0) is 16.8. The molecule has 2 aromatic carbocycles. The summed E-state index contributed by atoms with van der Waals surface area (Å²) in [6.07, 6.45) is 0.710. The van der Waals surface area contributed by atoms with E-state index in [9.17, 15) is 4.79 Å². The van der Waals surface area contributed by atoms with Crippen LogP contribution in [0.5, 0.6) is 17.2 Å². The summed E-state index contributed by atoms with van der Waals surface area (Å²) in [7, 11) is 1.50. The Morgan fingerprint density at radius 3 is 2.26 bits per heavy atom. The van der Waals surface area contributed by atoms with Crippen LogP contribution in [0.3, 0.4) is 0 Å². The molecule has 0 aliphatic carbocycles. The predicted octanol–water partition coefficient (Wildman–Crippen LogP) is 4.24. The maximum Gasteiger partial charge on any atom is 0.179 e. The van der Waals surface area contributed by atoms with Crippen LogP contribution in [0, 0.1) is 13.8 Å². The van der Waals surface area contributed by atoms with Crippen molar-refractivity contribution in [1.82, 2.24) is 0 Å². The molecule has 0 amide bonds. The highest BCUT2D eigenvalue weighted by molar-refractivity contribution is 6.32. The topological polar surface area (TPSA) is 44.8 Å². The van der Waals surface area contributed by atoms with Gasteiger partial charge in [0.2, 0.25) is 0 Å². The molecule has 2 aromatic rings. The number of aldehydes is 1. The third kappa shape index (κ3) is 4.63. The fraction of sp³-hybridized carbons (Fsp3) is 0.278. The number of carbonyl (C=O) groups is 1. The Labute approximate surface area is 140 Å². The van der Waals surface area contributed by atoms with Gasteiger partial charge in [-0.2, -0.15) is 0 Å². The molecule has 2 rings (SSSR count). The Morgan fingerprint density at radius 1 is 1.00 bits per heavy atom. The van der Waals surface area contributed by atoms with Crippen molar-refractivity contribution >= 4 is 17.9 Å². The maximum absolute atomic E-state index is 10.8. The number of carbonyl (C=O) groups excluding carboxylic acids is 1. The zero-order valence-corrected chi connectivity index (χ0v) is 14.1. The molecule has 122 valence electrons. The Balaban J connectivity index is 1.97. The van der Waals surface area contributed by atoms with Crippen LogP contribution < -0.4 is 14.2 Å². The lowest BCUT2D eigenvalue weighted by Gasteiger charge is -2.14. The van der Waals surface area contributed by atoms with Crippen LogP contribution in [0.15, 0.2) is 30.3 Å². The summed E-state index contributed by atoms with van der Waals surface area (Å²) in [5.41, 5.74) is 2.73. The number of hydrogen-bond acceptors (Lipinski definition) is 4. The van der Waals surface area contributed by atoms with Crippen LogP contribution in [-0.2, 0) is 0 Å². The Hall–Kier alpha value is -2.20. The van der Waals surface area contributed by atoms with E-state index in [1.807, 2.05) is 26.0 Å². The fourth-order valence-corrected chi connectivity index (χ4v) is 2.54. The molecule has 0 fully saturated rings. The SMILES string of the molecule is COc1cc(C=O)cc(Cl)c1OCCOc1cc(C)cc(C)c1. The van der Waals surface area contributed by atoms with E-state index in [0.29, 0.717) is 41.6 Å². The van der Waals surface area contributed by atoms with E-state index in [1.165, 1.54) is 13.2 Å². The molecule has 5 heteroatoms. The van der Waals surface area contributed by atoms with Gasteiger partial charge >= 0.3 is 0 Å². The van der Waals surface area contributed by atoms with Crippen LogP contribution in [0.25, 0.3) is 0 Å². The number of halogens is 1. The molecule has 0 aromatic heterocycles. The van der Waals surface area contributed by atoms with Gasteiger partial charge in [0.25, 0.3) is 0 Å². The van der Waals surface area contributed by atoms with Crippen molar-refractivity contribution in [3.8, 4) is 17.2 Å². The van der Waals surface area contributed by atoms with Crippen molar-refractivity contribution in [3.05, 3.63) is 52.0 Å². The predicted molar refractivity (Wildman–Crippen MR) is 90.3 cm³/mol. The van der Waals surface area contributed by atoms with Crippen molar-refractivity contribution < 1.29 is 19.0 Å². The van der Waals surface area contributed by atoms with Crippen molar-refractivity contribution in [3.63, 3.8) is 0 Å². The van der Waals surface area contributed by atoms with E-state index in [4.69, 9.17) is 25.8 Å². The minimum atomic E-state index is 0.309. The van der Waals surface area contributed by atoms with Gasteiger partial charge in [-0.25, -0.2) is 0 Å². The molecule has 0 spiro atoms. The largest absolute Gasteiger partial charge is 0.493 e. The first-order valence-corrected chi connectivity index (χ1v) is 7.58. The van der Waals surface area contributed by atoms with Crippen molar-refractivity contribution in [2.75, 3.05) is 20.3 Å². The van der Waals surface area contributed by atoms with Gasteiger partial charge in [0.15, 0.2) is 11.5 Å². The van der Waals surface area contributed by atoms with Crippen molar-refractivity contribution in [1.29, 1.82) is 0 Å². The minimum absolute atomic E-state index is 0.309. The molecule has 0 unspecified atom stereocenters. The van der Waals surface area contributed by atoms with Crippen LogP contribution in [0.4, 0.5) is 0 Å². The second-order valence-electron chi connectivity index (χ2n) is 5.17. The molecular weight excluding hydrogens is 316 g/mol. The van der Waals surface area contributed by atoms with Crippen LogP contribution in [-0.4, -0.2) is 26.6 Å². The summed E-state index contributed by atoms with van der Waals surface area (Å²) in [5, 5.41) is 0.331. The van der Waals surface area contributed by atoms with E-state index < -0.39 is 0 Å². The Kier molecular flexibility index (Phi) is 5.88. The van der Waals surface area contributed by atoms with E-state index in [-0.39, 0.29) is 0 Å². The van der Waals surface area contributed by atoms with E-state index in [1.54, 1.807) is 6.07 Å². The molecule has 4 nitrogen and oxygen atoms in total. The summed E-state index contributed by atoms with van der Waals surface area (Å²) in [6.45, 7) is 4.73. The van der Waals surface area contributed by atoms with E-state index in [2.05, 4.69) is 6.07 Å². The maximum atomic E-state index is 10.8. The molecule has 0 saturated carbocycles. The zero-order valence-electron chi connectivity index (χ0n) is 13.4. The molecule has 0 heterocycles. The van der Waals surface area contributed by atoms with Crippen molar-refractivity contribution in [2.24, 2.45) is 0 Å². The molecule has 0 saturated heterocycles. The lowest BCUT2D eigenvalue weighted by Crippen LogP contribution is -2.10. The van der Waals surface area contributed by atoms with Crippen LogP contribution in [0.2, 0.25) is 5.02 Å². The van der Waals surface area contributed by atoms with Gasteiger partial charge in [0, 0.05) is 5.56 Å². The summed E-state index contributed by atoms with van der Waals surface area (Å²) >= 11 is 6.12. The first-order chi connectivity index (χ1) is 11.0. The summed E-state index contributed by atoms with van der Waals surface area (Å²) in [6, 6.07) is 9.15. The van der Waals surface area contributed by atoms with Gasteiger partial charge in [-0.15, -0.1) is 0 Å². The first kappa shape index (κ1) is 17.2. The first-order valence-electron chi connectivity index (χ1n) is 7.20. The average molecular weight is 335 g/mol. The lowest BCUT2D eigenvalue weighted by molar-refractivity contribution is 0.112. The highest BCUT2D eigenvalue weighted by Crippen LogP contribution is 2.36. The van der Waals surface area contributed by atoms with Gasteiger partial charge in [-0.05, 0) is 49.2 Å². The number of benzene rings is 2. The summed E-state index contributed by atoms with van der Waals surface area (Å²) in [5.74, 6) is 1.63. The molecule has 0 atom stereocenters. The lowest BCUT2D eigenvalue weighted by atomic mass is 10.1. The molecule has 0 N–H and O–H groups in total. The Morgan fingerprint density at radius 2 is 1.65 bits per heavy atom. The monoisotopic (exact) mass is 334 g/mol. The smallest absolute Gasteiger partial charge is 0.179 e. The number of methoxy groups -OCH3 is 1. The summed E-state index contributed by atoms with van der Waals surface area (Å²) in [4.78, 5) is 10.8. The normalized spacial score (nSPS) is 10.3. The van der Waals surface area contributed by atoms with Gasteiger partial charge in [-0.3, -0.25) is 4.79 Å².